The van der Waals surface area contributed by atoms with E-state index in [2.05, 4.69) is 11.9 Å². The third-order valence-corrected chi connectivity index (χ3v) is 3.86. The summed E-state index contributed by atoms with van der Waals surface area (Å²) in [6.45, 7) is 2.95. The molecule has 1 aromatic heterocycles. The second-order valence-corrected chi connectivity index (χ2v) is 5.28. The lowest BCUT2D eigenvalue weighted by Gasteiger charge is -2.22. The molecule has 0 saturated heterocycles. The van der Waals surface area contributed by atoms with Crippen molar-refractivity contribution in [3.63, 3.8) is 0 Å². The van der Waals surface area contributed by atoms with Crippen LogP contribution in [-0.2, 0) is 12.7 Å². The molecule has 0 amide bonds. The Morgan fingerprint density at radius 1 is 1.30 bits per heavy atom. The van der Waals surface area contributed by atoms with Gasteiger partial charge in [-0.1, -0.05) is 19.1 Å². The molecular formula is C15H15F3N2. The van der Waals surface area contributed by atoms with Gasteiger partial charge in [-0.2, -0.15) is 13.2 Å². The minimum Gasteiger partial charge on any atom is -0.328 e. The highest BCUT2D eigenvalue weighted by molar-refractivity contribution is 5.58. The number of fused-ring (bicyclic) bond motifs is 1. The molecule has 0 bridgehead atoms. The van der Waals surface area contributed by atoms with Crippen molar-refractivity contribution in [2.75, 3.05) is 0 Å². The lowest BCUT2D eigenvalue weighted by Crippen LogP contribution is -2.14. The highest BCUT2D eigenvalue weighted by atomic mass is 19.4. The topological polar surface area (TPSA) is 17.8 Å². The molecule has 0 radical (unpaired) electrons. The number of rotatable bonds is 1. The summed E-state index contributed by atoms with van der Waals surface area (Å²) in [6.07, 6.45) is -0.385. The van der Waals surface area contributed by atoms with Gasteiger partial charge in [0.15, 0.2) is 0 Å². The van der Waals surface area contributed by atoms with E-state index < -0.39 is 11.7 Å². The zero-order valence-corrected chi connectivity index (χ0v) is 11.1. The smallest absolute Gasteiger partial charge is 0.328 e. The van der Waals surface area contributed by atoms with Crippen molar-refractivity contribution in [2.45, 2.75) is 38.4 Å². The number of imidazole rings is 1. The molecule has 0 saturated carbocycles. The van der Waals surface area contributed by atoms with Gasteiger partial charge in [0.2, 0.25) is 0 Å². The van der Waals surface area contributed by atoms with Gasteiger partial charge in [-0.05, 0) is 30.9 Å². The van der Waals surface area contributed by atoms with E-state index in [0.29, 0.717) is 17.3 Å². The van der Waals surface area contributed by atoms with Crippen molar-refractivity contribution in [1.29, 1.82) is 0 Å². The number of nitrogens with zero attached hydrogens (tertiary/aromatic N) is 2. The van der Waals surface area contributed by atoms with Crippen LogP contribution >= 0.6 is 0 Å². The summed E-state index contributed by atoms with van der Waals surface area (Å²) in [6, 6.07) is 5.39. The van der Waals surface area contributed by atoms with E-state index >= 15 is 0 Å². The highest BCUT2D eigenvalue weighted by Crippen LogP contribution is 2.34. The Morgan fingerprint density at radius 2 is 2.10 bits per heavy atom. The van der Waals surface area contributed by atoms with E-state index in [1.165, 1.54) is 12.1 Å². The maximum absolute atomic E-state index is 12.8. The zero-order chi connectivity index (χ0) is 14.3. The summed E-state index contributed by atoms with van der Waals surface area (Å²) in [5.41, 5.74) is 1.01. The van der Waals surface area contributed by atoms with Crippen molar-refractivity contribution in [3.05, 3.63) is 41.7 Å². The molecule has 0 fully saturated rings. The summed E-state index contributed by atoms with van der Waals surface area (Å²) in [4.78, 5) is 4.34. The van der Waals surface area contributed by atoms with Crippen LogP contribution in [0.4, 0.5) is 13.2 Å². The van der Waals surface area contributed by atoms with E-state index in [1.807, 2.05) is 4.57 Å². The predicted octanol–water partition coefficient (Wildman–Crippen LogP) is 4.47. The van der Waals surface area contributed by atoms with Crippen LogP contribution in [0.25, 0.3) is 11.4 Å². The van der Waals surface area contributed by atoms with Gasteiger partial charge in [-0.15, -0.1) is 0 Å². The molecule has 20 heavy (non-hydrogen) atoms. The summed E-state index contributed by atoms with van der Waals surface area (Å²) in [7, 11) is 0. The van der Waals surface area contributed by atoms with Crippen molar-refractivity contribution >= 4 is 0 Å². The molecule has 0 spiro atoms. The van der Waals surface area contributed by atoms with Gasteiger partial charge in [0, 0.05) is 24.0 Å². The van der Waals surface area contributed by atoms with Crippen LogP contribution in [0.1, 0.15) is 36.9 Å². The Kier molecular flexibility index (Phi) is 3.07. The molecule has 1 unspecified atom stereocenters. The summed E-state index contributed by atoms with van der Waals surface area (Å²) in [5, 5.41) is 0. The summed E-state index contributed by atoms with van der Waals surface area (Å²) >= 11 is 0. The molecule has 1 atom stereocenters. The number of hydrogen-bond donors (Lipinski definition) is 0. The Bertz CT molecular complexity index is 628. The molecule has 2 heterocycles. The first-order valence-corrected chi connectivity index (χ1v) is 6.70. The Labute approximate surface area is 115 Å². The third kappa shape index (κ3) is 2.21. The lowest BCUT2D eigenvalue weighted by atomic mass is 9.98. The van der Waals surface area contributed by atoms with Crippen LogP contribution in [-0.4, -0.2) is 9.55 Å². The van der Waals surface area contributed by atoms with Gasteiger partial charge in [-0.3, -0.25) is 0 Å². The van der Waals surface area contributed by atoms with Gasteiger partial charge in [0.05, 0.1) is 5.56 Å². The first-order chi connectivity index (χ1) is 9.47. The summed E-state index contributed by atoms with van der Waals surface area (Å²) < 4.78 is 40.4. The maximum Gasteiger partial charge on any atom is 0.416 e. The molecule has 106 valence electrons. The van der Waals surface area contributed by atoms with Gasteiger partial charge in [0.1, 0.15) is 5.82 Å². The molecular weight excluding hydrogens is 265 g/mol. The molecule has 2 nitrogen and oxygen atoms in total. The Morgan fingerprint density at radius 3 is 2.85 bits per heavy atom. The number of alkyl halides is 3. The minimum absolute atomic E-state index is 0.413. The van der Waals surface area contributed by atoms with Gasteiger partial charge in [-0.25, -0.2) is 4.98 Å². The Balaban J connectivity index is 2.06. The standard InChI is InChI=1S/C15H15F3N2/c1-10-4-3-7-20-13(10)9-19-14(20)11-5-2-6-12(8-11)15(16,17)18/h2,5-6,8-10H,3-4,7H2,1H3. The fourth-order valence-corrected chi connectivity index (χ4v) is 2.79. The van der Waals surface area contributed by atoms with E-state index in [-0.39, 0.29) is 0 Å². The van der Waals surface area contributed by atoms with E-state index in [1.54, 1.807) is 12.3 Å². The van der Waals surface area contributed by atoms with Crippen molar-refractivity contribution < 1.29 is 13.2 Å². The van der Waals surface area contributed by atoms with Crippen LogP contribution in [0.5, 0.6) is 0 Å². The first kappa shape index (κ1) is 13.2. The normalized spacial score (nSPS) is 18.9. The van der Waals surface area contributed by atoms with Crippen molar-refractivity contribution in [2.24, 2.45) is 0 Å². The van der Waals surface area contributed by atoms with E-state index in [4.69, 9.17) is 0 Å². The number of halogens is 3. The molecule has 1 aliphatic rings. The number of benzene rings is 1. The predicted molar refractivity (Wildman–Crippen MR) is 70.3 cm³/mol. The average molecular weight is 280 g/mol. The highest BCUT2D eigenvalue weighted by Gasteiger charge is 2.31. The van der Waals surface area contributed by atoms with Crippen molar-refractivity contribution in [1.82, 2.24) is 9.55 Å². The molecule has 5 heteroatoms. The minimum atomic E-state index is -4.32. The van der Waals surface area contributed by atoms with Crippen LogP contribution in [0, 0.1) is 0 Å². The molecule has 2 aromatic rings. The molecule has 0 aliphatic carbocycles. The van der Waals surface area contributed by atoms with Crippen LogP contribution in [0.2, 0.25) is 0 Å². The average Bonchev–Trinajstić information content (AvgIpc) is 2.83. The Hall–Kier alpha value is -1.78. The van der Waals surface area contributed by atoms with E-state index in [9.17, 15) is 13.2 Å². The third-order valence-electron chi connectivity index (χ3n) is 3.86. The molecule has 3 rings (SSSR count). The van der Waals surface area contributed by atoms with E-state index in [0.717, 1.165) is 31.1 Å². The zero-order valence-electron chi connectivity index (χ0n) is 11.1. The summed E-state index contributed by atoms with van der Waals surface area (Å²) in [5.74, 6) is 1.05. The van der Waals surface area contributed by atoms with Crippen LogP contribution < -0.4 is 0 Å². The van der Waals surface area contributed by atoms with Crippen LogP contribution in [0.3, 0.4) is 0 Å². The largest absolute Gasteiger partial charge is 0.416 e. The molecule has 0 N–H and O–H groups in total. The van der Waals surface area contributed by atoms with Gasteiger partial charge in [0.25, 0.3) is 0 Å². The fourth-order valence-electron chi connectivity index (χ4n) is 2.79. The lowest BCUT2D eigenvalue weighted by molar-refractivity contribution is -0.137. The van der Waals surface area contributed by atoms with Crippen molar-refractivity contribution in [3.8, 4) is 11.4 Å². The molecule has 1 aromatic carbocycles. The maximum atomic E-state index is 12.8. The quantitative estimate of drug-likeness (QED) is 0.753. The van der Waals surface area contributed by atoms with Gasteiger partial charge < -0.3 is 4.57 Å². The molecule has 1 aliphatic heterocycles. The second kappa shape index (κ2) is 4.65. The monoisotopic (exact) mass is 280 g/mol. The van der Waals surface area contributed by atoms with Crippen LogP contribution in [0.15, 0.2) is 30.5 Å². The van der Waals surface area contributed by atoms with Gasteiger partial charge >= 0.3 is 6.18 Å². The fraction of sp³-hybridized carbons (Fsp3) is 0.400. The SMILES string of the molecule is CC1CCCn2c1cnc2-c1cccc(C(F)(F)F)c1. The first-order valence-electron chi connectivity index (χ1n) is 6.70. The second-order valence-electron chi connectivity index (χ2n) is 5.28. The number of aromatic nitrogens is 2. The number of hydrogen-bond acceptors (Lipinski definition) is 1.